The molecule has 0 heterocycles. The van der Waals surface area contributed by atoms with Crippen LogP contribution >= 0.6 is 11.8 Å². The Bertz CT molecular complexity index is 299. The van der Waals surface area contributed by atoms with E-state index in [-0.39, 0.29) is 0 Å². The van der Waals surface area contributed by atoms with E-state index in [1.165, 1.54) is 29.7 Å². The minimum atomic E-state index is 0.666. The first-order valence-electron chi connectivity index (χ1n) is 6.07. The number of hydrogen-bond acceptors (Lipinski definition) is 2. The van der Waals surface area contributed by atoms with Crippen LogP contribution < -0.4 is 5.32 Å². The summed E-state index contributed by atoms with van der Waals surface area (Å²) >= 11 is 2.03. The van der Waals surface area contributed by atoms with Crippen molar-refractivity contribution in [2.24, 2.45) is 0 Å². The van der Waals surface area contributed by atoms with Gasteiger partial charge in [0.05, 0.1) is 0 Å². The van der Waals surface area contributed by atoms with Crippen molar-refractivity contribution >= 4 is 11.8 Å². The van der Waals surface area contributed by atoms with Gasteiger partial charge in [-0.1, -0.05) is 37.6 Å². The maximum absolute atomic E-state index is 3.38. The van der Waals surface area contributed by atoms with Crippen LogP contribution in [0, 0.1) is 6.92 Å². The van der Waals surface area contributed by atoms with E-state index < -0.39 is 0 Å². The van der Waals surface area contributed by atoms with Gasteiger partial charge >= 0.3 is 0 Å². The second kappa shape index (κ2) is 7.75. The molecule has 0 amide bonds. The molecule has 90 valence electrons. The van der Waals surface area contributed by atoms with E-state index in [0.29, 0.717) is 6.04 Å². The van der Waals surface area contributed by atoms with Crippen LogP contribution in [0.5, 0.6) is 0 Å². The number of aryl methyl sites for hydroxylation is 1. The number of hydrogen-bond donors (Lipinski definition) is 1. The molecule has 1 N–H and O–H groups in total. The van der Waals surface area contributed by atoms with Crippen molar-refractivity contribution in [2.75, 3.05) is 12.8 Å². The fourth-order valence-electron chi connectivity index (χ4n) is 1.74. The molecular formula is C14H23NS. The molecule has 0 spiro atoms. The Kier molecular flexibility index (Phi) is 6.58. The summed E-state index contributed by atoms with van der Waals surface area (Å²) in [4.78, 5) is 0. The van der Waals surface area contributed by atoms with Crippen molar-refractivity contribution in [3.05, 3.63) is 35.4 Å². The predicted octanol–water partition coefficient (Wildman–Crippen LogP) is 3.62. The predicted molar refractivity (Wildman–Crippen MR) is 75.1 cm³/mol. The van der Waals surface area contributed by atoms with Crippen LogP contribution in [0.3, 0.4) is 0 Å². The van der Waals surface area contributed by atoms with E-state index in [2.05, 4.69) is 50.5 Å². The average molecular weight is 237 g/mol. The smallest absolute Gasteiger partial charge is 0.0187 e. The Hall–Kier alpha value is -0.470. The molecule has 0 fully saturated rings. The number of benzene rings is 1. The van der Waals surface area contributed by atoms with Crippen LogP contribution in [0.4, 0.5) is 0 Å². The lowest BCUT2D eigenvalue weighted by atomic mass is 10.1. The van der Waals surface area contributed by atoms with Gasteiger partial charge in [-0.25, -0.2) is 0 Å². The summed E-state index contributed by atoms with van der Waals surface area (Å²) in [5.74, 6) is 2.34. The van der Waals surface area contributed by atoms with E-state index in [0.717, 1.165) is 5.75 Å². The fourth-order valence-corrected chi connectivity index (χ4v) is 3.02. The Morgan fingerprint density at radius 2 is 2.06 bits per heavy atom. The lowest BCUT2D eigenvalue weighted by Gasteiger charge is -2.14. The van der Waals surface area contributed by atoms with E-state index in [4.69, 9.17) is 0 Å². The average Bonchev–Trinajstić information content (AvgIpc) is 2.30. The lowest BCUT2D eigenvalue weighted by Crippen LogP contribution is -2.27. The minimum Gasteiger partial charge on any atom is -0.316 e. The van der Waals surface area contributed by atoms with E-state index in [9.17, 15) is 0 Å². The zero-order valence-electron chi connectivity index (χ0n) is 10.6. The fraction of sp³-hybridized carbons (Fsp3) is 0.571. The molecule has 0 aliphatic rings. The topological polar surface area (TPSA) is 12.0 Å². The SMILES string of the molecule is CCCC(CSCc1ccccc1C)NC. The third-order valence-electron chi connectivity index (χ3n) is 2.88. The summed E-state index contributed by atoms with van der Waals surface area (Å²) < 4.78 is 0. The van der Waals surface area contributed by atoms with Gasteiger partial charge in [0.2, 0.25) is 0 Å². The standard InChI is InChI=1S/C14H23NS/c1-4-7-14(15-3)11-16-10-13-9-6-5-8-12(13)2/h5-6,8-9,14-15H,4,7,10-11H2,1-3H3. The molecule has 0 bridgehead atoms. The number of rotatable bonds is 7. The summed E-state index contributed by atoms with van der Waals surface area (Å²) in [6, 6.07) is 9.33. The van der Waals surface area contributed by atoms with Gasteiger partial charge in [0.15, 0.2) is 0 Å². The van der Waals surface area contributed by atoms with Crippen molar-refractivity contribution in [3.8, 4) is 0 Å². The van der Waals surface area contributed by atoms with Crippen LogP contribution in [0.1, 0.15) is 30.9 Å². The van der Waals surface area contributed by atoms with Gasteiger partial charge < -0.3 is 5.32 Å². The van der Waals surface area contributed by atoms with Gasteiger partial charge in [-0.2, -0.15) is 11.8 Å². The Balaban J connectivity index is 2.32. The Morgan fingerprint density at radius 1 is 1.31 bits per heavy atom. The highest BCUT2D eigenvalue weighted by atomic mass is 32.2. The molecule has 1 nitrogen and oxygen atoms in total. The molecular weight excluding hydrogens is 214 g/mol. The molecule has 1 unspecified atom stereocenters. The Labute approximate surface area is 104 Å². The maximum atomic E-state index is 3.38. The van der Waals surface area contributed by atoms with Crippen LogP contribution in [0.2, 0.25) is 0 Å². The maximum Gasteiger partial charge on any atom is 0.0187 e. The lowest BCUT2D eigenvalue weighted by molar-refractivity contribution is 0.564. The van der Waals surface area contributed by atoms with Crippen LogP contribution in [-0.4, -0.2) is 18.8 Å². The summed E-state index contributed by atoms with van der Waals surface area (Å²) in [6.45, 7) is 4.44. The van der Waals surface area contributed by atoms with Crippen molar-refractivity contribution in [1.82, 2.24) is 5.32 Å². The molecule has 16 heavy (non-hydrogen) atoms. The first-order valence-corrected chi connectivity index (χ1v) is 7.23. The van der Waals surface area contributed by atoms with Crippen molar-refractivity contribution in [3.63, 3.8) is 0 Å². The normalized spacial score (nSPS) is 12.7. The van der Waals surface area contributed by atoms with Crippen LogP contribution in [0.25, 0.3) is 0 Å². The van der Waals surface area contributed by atoms with Gasteiger partial charge in [-0.15, -0.1) is 0 Å². The molecule has 2 heteroatoms. The third kappa shape index (κ3) is 4.58. The van der Waals surface area contributed by atoms with Crippen molar-refractivity contribution in [2.45, 2.75) is 38.5 Å². The third-order valence-corrected chi connectivity index (χ3v) is 4.04. The largest absolute Gasteiger partial charge is 0.316 e. The van der Waals surface area contributed by atoms with E-state index in [1.807, 2.05) is 11.8 Å². The van der Waals surface area contributed by atoms with Crippen LogP contribution in [-0.2, 0) is 5.75 Å². The molecule has 0 aromatic heterocycles. The summed E-state index contributed by atoms with van der Waals surface area (Å²) in [5.41, 5.74) is 2.88. The van der Waals surface area contributed by atoms with Gasteiger partial charge in [-0.3, -0.25) is 0 Å². The molecule has 0 radical (unpaired) electrons. The molecule has 1 aromatic carbocycles. The first-order chi connectivity index (χ1) is 7.77. The van der Waals surface area contributed by atoms with E-state index >= 15 is 0 Å². The summed E-state index contributed by atoms with van der Waals surface area (Å²) in [5, 5.41) is 3.38. The van der Waals surface area contributed by atoms with Gasteiger partial charge in [0, 0.05) is 17.5 Å². The first kappa shape index (κ1) is 13.6. The highest BCUT2D eigenvalue weighted by Gasteiger charge is 2.05. The molecule has 0 saturated heterocycles. The summed E-state index contributed by atoms with van der Waals surface area (Å²) in [7, 11) is 2.06. The second-order valence-corrected chi connectivity index (χ2v) is 5.25. The highest BCUT2D eigenvalue weighted by molar-refractivity contribution is 7.98. The molecule has 0 aliphatic heterocycles. The molecule has 0 saturated carbocycles. The van der Waals surface area contributed by atoms with Gasteiger partial charge in [0.1, 0.15) is 0 Å². The second-order valence-electron chi connectivity index (χ2n) is 4.22. The van der Waals surface area contributed by atoms with Crippen molar-refractivity contribution in [1.29, 1.82) is 0 Å². The Morgan fingerprint density at radius 3 is 2.69 bits per heavy atom. The van der Waals surface area contributed by atoms with Crippen molar-refractivity contribution < 1.29 is 0 Å². The molecule has 1 rings (SSSR count). The molecule has 1 aromatic rings. The highest BCUT2D eigenvalue weighted by Crippen LogP contribution is 2.17. The van der Waals surface area contributed by atoms with E-state index in [1.54, 1.807) is 0 Å². The zero-order chi connectivity index (χ0) is 11.8. The number of nitrogens with one attached hydrogen (secondary N) is 1. The monoisotopic (exact) mass is 237 g/mol. The number of thioether (sulfide) groups is 1. The quantitative estimate of drug-likeness (QED) is 0.777. The molecule has 1 atom stereocenters. The minimum absolute atomic E-state index is 0.666. The van der Waals surface area contributed by atoms with Gasteiger partial charge in [0.25, 0.3) is 0 Å². The zero-order valence-corrected chi connectivity index (χ0v) is 11.4. The van der Waals surface area contributed by atoms with Crippen LogP contribution in [0.15, 0.2) is 24.3 Å². The molecule has 0 aliphatic carbocycles. The summed E-state index contributed by atoms with van der Waals surface area (Å²) in [6.07, 6.45) is 2.54. The van der Waals surface area contributed by atoms with Gasteiger partial charge in [-0.05, 0) is 31.5 Å².